The molecule has 0 fully saturated rings. The Balaban J connectivity index is 2.60. The molecule has 0 aliphatic heterocycles. The molecular weight excluding hydrogens is 200 g/mol. The molecule has 16 heavy (non-hydrogen) atoms. The van der Waals surface area contributed by atoms with Gasteiger partial charge in [-0.3, -0.25) is 0 Å². The van der Waals surface area contributed by atoms with E-state index < -0.39 is 0 Å². The summed E-state index contributed by atoms with van der Waals surface area (Å²) in [5.74, 6) is 0.764. The van der Waals surface area contributed by atoms with Gasteiger partial charge in [0.2, 0.25) is 5.88 Å². The summed E-state index contributed by atoms with van der Waals surface area (Å²) in [5, 5.41) is 3.36. The minimum atomic E-state index is 0.222. The highest BCUT2D eigenvalue weighted by Gasteiger charge is 2.07. The molecule has 0 saturated heterocycles. The Kier molecular flexibility index (Phi) is 5.86. The van der Waals surface area contributed by atoms with E-state index in [0.29, 0.717) is 0 Å². The van der Waals surface area contributed by atoms with Crippen LogP contribution in [-0.2, 0) is 6.54 Å². The zero-order valence-corrected chi connectivity index (χ0v) is 10.5. The van der Waals surface area contributed by atoms with E-state index in [1.807, 2.05) is 6.07 Å². The van der Waals surface area contributed by atoms with Crippen molar-refractivity contribution in [3.05, 3.63) is 23.9 Å². The molecular formula is C13H22N2O. The van der Waals surface area contributed by atoms with E-state index in [0.717, 1.165) is 37.4 Å². The molecule has 0 aromatic carbocycles. The van der Waals surface area contributed by atoms with E-state index >= 15 is 0 Å². The van der Waals surface area contributed by atoms with Crippen LogP contribution in [-0.4, -0.2) is 17.6 Å². The van der Waals surface area contributed by atoms with Gasteiger partial charge in [-0.15, -0.1) is 0 Å². The molecule has 90 valence electrons. The fraction of sp³-hybridized carbons (Fsp3) is 0.615. The Morgan fingerprint density at radius 3 is 2.94 bits per heavy atom. The predicted molar refractivity (Wildman–Crippen MR) is 66.6 cm³/mol. The highest BCUT2D eigenvalue weighted by atomic mass is 16.5. The van der Waals surface area contributed by atoms with Crippen molar-refractivity contribution in [1.29, 1.82) is 0 Å². The Morgan fingerprint density at radius 2 is 2.25 bits per heavy atom. The highest BCUT2D eigenvalue weighted by molar-refractivity contribution is 5.25. The van der Waals surface area contributed by atoms with Crippen LogP contribution in [0.2, 0.25) is 0 Å². The van der Waals surface area contributed by atoms with Crippen molar-refractivity contribution in [3.63, 3.8) is 0 Å². The molecule has 1 unspecified atom stereocenters. The molecule has 0 saturated carbocycles. The summed E-state index contributed by atoms with van der Waals surface area (Å²) in [6.07, 6.45) is 4.14. The number of nitrogens with zero attached hydrogens (tertiary/aromatic N) is 1. The van der Waals surface area contributed by atoms with E-state index in [1.54, 1.807) is 6.20 Å². The van der Waals surface area contributed by atoms with Gasteiger partial charge in [0.25, 0.3) is 0 Å². The predicted octanol–water partition coefficient (Wildman–Crippen LogP) is 2.76. The zero-order valence-electron chi connectivity index (χ0n) is 10.5. The molecule has 0 spiro atoms. The lowest BCUT2D eigenvalue weighted by Gasteiger charge is -2.14. The van der Waals surface area contributed by atoms with E-state index in [-0.39, 0.29) is 6.10 Å². The molecule has 1 rings (SSSR count). The van der Waals surface area contributed by atoms with Crippen molar-refractivity contribution >= 4 is 0 Å². The average molecular weight is 222 g/mol. The maximum absolute atomic E-state index is 5.77. The van der Waals surface area contributed by atoms with Gasteiger partial charge in [-0.2, -0.15) is 0 Å². The van der Waals surface area contributed by atoms with Gasteiger partial charge in [-0.05, 0) is 32.4 Å². The molecule has 3 nitrogen and oxygen atoms in total. The molecule has 1 atom stereocenters. The van der Waals surface area contributed by atoms with Gasteiger partial charge < -0.3 is 10.1 Å². The Labute approximate surface area is 98.2 Å². The van der Waals surface area contributed by atoms with Gasteiger partial charge in [-0.25, -0.2) is 4.98 Å². The lowest BCUT2D eigenvalue weighted by molar-refractivity contribution is 0.206. The van der Waals surface area contributed by atoms with E-state index in [9.17, 15) is 0 Å². The number of nitrogens with one attached hydrogen (secondary N) is 1. The molecule has 1 aromatic rings. The van der Waals surface area contributed by atoms with Crippen LogP contribution >= 0.6 is 0 Å². The number of hydrogen-bond donors (Lipinski definition) is 1. The van der Waals surface area contributed by atoms with E-state index in [4.69, 9.17) is 4.74 Å². The second-order valence-corrected chi connectivity index (χ2v) is 3.98. The van der Waals surface area contributed by atoms with Crippen LogP contribution in [0, 0.1) is 0 Å². The minimum absolute atomic E-state index is 0.222. The third-order valence-electron chi connectivity index (χ3n) is 2.48. The van der Waals surface area contributed by atoms with Crippen molar-refractivity contribution in [2.75, 3.05) is 6.54 Å². The summed E-state index contributed by atoms with van der Waals surface area (Å²) >= 11 is 0. The topological polar surface area (TPSA) is 34.2 Å². The van der Waals surface area contributed by atoms with Crippen molar-refractivity contribution in [3.8, 4) is 5.88 Å². The third kappa shape index (κ3) is 4.19. The largest absolute Gasteiger partial charge is 0.474 e. The molecule has 1 aromatic heterocycles. The standard InChI is InChI=1S/C13H22N2O/c1-4-8-14-10-12-7-6-9-15-13(12)16-11(3)5-2/h6-7,9,11,14H,4-5,8,10H2,1-3H3. The second kappa shape index (κ2) is 7.23. The van der Waals surface area contributed by atoms with Crippen LogP contribution in [0.4, 0.5) is 0 Å². The molecule has 0 aliphatic rings. The van der Waals surface area contributed by atoms with Gasteiger partial charge in [0.05, 0.1) is 6.10 Å². The number of ether oxygens (including phenoxy) is 1. The van der Waals surface area contributed by atoms with E-state index in [1.165, 1.54) is 0 Å². The van der Waals surface area contributed by atoms with E-state index in [2.05, 4.69) is 37.1 Å². The monoisotopic (exact) mass is 222 g/mol. The molecule has 1 N–H and O–H groups in total. The summed E-state index contributed by atoms with van der Waals surface area (Å²) in [7, 11) is 0. The van der Waals surface area contributed by atoms with Crippen molar-refractivity contribution < 1.29 is 4.74 Å². The van der Waals surface area contributed by atoms with Gasteiger partial charge in [0.1, 0.15) is 0 Å². The summed E-state index contributed by atoms with van der Waals surface area (Å²) in [6.45, 7) is 8.19. The number of aromatic nitrogens is 1. The molecule has 3 heteroatoms. The first kappa shape index (κ1) is 13.0. The molecule has 0 bridgehead atoms. The molecule has 0 amide bonds. The maximum Gasteiger partial charge on any atom is 0.218 e. The van der Waals surface area contributed by atoms with Crippen molar-refractivity contribution in [2.45, 2.75) is 46.3 Å². The molecule has 0 aliphatic carbocycles. The average Bonchev–Trinajstić information content (AvgIpc) is 2.31. The van der Waals surface area contributed by atoms with Gasteiger partial charge in [-0.1, -0.05) is 19.9 Å². The van der Waals surface area contributed by atoms with Crippen LogP contribution < -0.4 is 10.1 Å². The van der Waals surface area contributed by atoms with Gasteiger partial charge in [0, 0.05) is 18.3 Å². The van der Waals surface area contributed by atoms with Crippen LogP contribution in [0.5, 0.6) is 5.88 Å². The summed E-state index contributed by atoms with van der Waals surface area (Å²) < 4.78 is 5.77. The quantitative estimate of drug-likeness (QED) is 0.720. The van der Waals surface area contributed by atoms with Crippen LogP contribution in [0.3, 0.4) is 0 Å². The first-order valence-corrected chi connectivity index (χ1v) is 6.09. The lowest BCUT2D eigenvalue weighted by Crippen LogP contribution is -2.17. The normalized spacial score (nSPS) is 12.4. The Morgan fingerprint density at radius 1 is 1.44 bits per heavy atom. The smallest absolute Gasteiger partial charge is 0.218 e. The van der Waals surface area contributed by atoms with Crippen molar-refractivity contribution in [2.24, 2.45) is 0 Å². The fourth-order valence-corrected chi connectivity index (χ4v) is 1.34. The van der Waals surface area contributed by atoms with Crippen molar-refractivity contribution in [1.82, 2.24) is 10.3 Å². The Hall–Kier alpha value is -1.09. The van der Waals surface area contributed by atoms with Gasteiger partial charge >= 0.3 is 0 Å². The van der Waals surface area contributed by atoms with Crippen LogP contribution in [0.25, 0.3) is 0 Å². The number of hydrogen-bond acceptors (Lipinski definition) is 3. The lowest BCUT2D eigenvalue weighted by atomic mass is 10.2. The maximum atomic E-state index is 5.77. The highest BCUT2D eigenvalue weighted by Crippen LogP contribution is 2.16. The minimum Gasteiger partial charge on any atom is -0.474 e. The zero-order chi connectivity index (χ0) is 11.8. The van der Waals surface area contributed by atoms with Crippen LogP contribution in [0.1, 0.15) is 39.2 Å². The molecule has 0 radical (unpaired) electrons. The number of pyridine rings is 1. The fourth-order valence-electron chi connectivity index (χ4n) is 1.34. The Bertz CT molecular complexity index is 302. The number of rotatable bonds is 7. The van der Waals surface area contributed by atoms with Gasteiger partial charge in [0.15, 0.2) is 0 Å². The van der Waals surface area contributed by atoms with Crippen LogP contribution in [0.15, 0.2) is 18.3 Å². The molecule has 1 heterocycles. The summed E-state index contributed by atoms with van der Waals surface area (Å²) in [5.41, 5.74) is 1.14. The second-order valence-electron chi connectivity index (χ2n) is 3.98. The first-order chi connectivity index (χ1) is 7.77. The summed E-state index contributed by atoms with van der Waals surface area (Å²) in [4.78, 5) is 4.28. The SMILES string of the molecule is CCCNCc1cccnc1OC(C)CC. The summed E-state index contributed by atoms with van der Waals surface area (Å²) in [6, 6.07) is 4.01. The first-order valence-electron chi connectivity index (χ1n) is 6.09. The third-order valence-corrected chi connectivity index (χ3v) is 2.48.